The van der Waals surface area contributed by atoms with E-state index in [1.807, 2.05) is 18.2 Å². The molecule has 0 saturated carbocycles. The van der Waals surface area contributed by atoms with Crippen LogP contribution in [0.1, 0.15) is 11.1 Å². The fourth-order valence-corrected chi connectivity index (χ4v) is 6.11. The second kappa shape index (κ2) is 11.5. The van der Waals surface area contributed by atoms with Crippen LogP contribution < -0.4 is 9.47 Å². The highest BCUT2D eigenvalue weighted by atomic mass is 35.5. The standard InChI is InChI=1S/C27H27Cl2N3O5S/c28-22-4-1-20(2-5-22)17-32(38(34,35)24-8-6-23(29)7-9-24)18-27(33)31-13-11-30(12-14-31)16-21-3-10-25-26(15-21)37-19-36-25/h1-10,15H,11-14,16-19H2. The van der Waals surface area contributed by atoms with Crippen molar-refractivity contribution in [1.82, 2.24) is 14.1 Å². The van der Waals surface area contributed by atoms with E-state index in [0.29, 0.717) is 36.2 Å². The summed E-state index contributed by atoms with van der Waals surface area (Å²) in [6, 6.07) is 18.8. The Labute approximate surface area is 232 Å². The van der Waals surface area contributed by atoms with Gasteiger partial charge < -0.3 is 14.4 Å². The lowest BCUT2D eigenvalue weighted by Crippen LogP contribution is -2.51. The average Bonchev–Trinajstić information content (AvgIpc) is 3.38. The molecule has 5 rings (SSSR count). The van der Waals surface area contributed by atoms with Gasteiger partial charge in [-0.3, -0.25) is 9.69 Å². The van der Waals surface area contributed by atoms with Gasteiger partial charge in [0.1, 0.15) is 0 Å². The van der Waals surface area contributed by atoms with Gasteiger partial charge in [-0.15, -0.1) is 0 Å². The zero-order valence-electron chi connectivity index (χ0n) is 20.6. The van der Waals surface area contributed by atoms with Gasteiger partial charge in [0, 0.05) is 49.3 Å². The molecule has 1 amide bonds. The van der Waals surface area contributed by atoms with Crippen molar-refractivity contribution in [2.75, 3.05) is 39.5 Å². The van der Waals surface area contributed by atoms with Crippen molar-refractivity contribution in [3.05, 3.63) is 87.9 Å². The number of ether oxygens (including phenoxy) is 2. The summed E-state index contributed by atoms with van der Waals surface area (Å²) in [7, 11) is -3.95. The van der Waals surface area contributed by atoms with Crippen LogP contribution in [0.2, 0.25) is 10.0 Å². The molecule has 0 radical (unpaired) electrons. The molecule has 2 aliphatic rings. The van der Waals surface area contributed by atoms with E-state index in [1.165, 1.54) is 28.6 Å². The van der Waals surface area contributed by atoms with Crippen LogP contribution in [0.5, 0.6) is 11.5 Å². The van der Waals surface area contributed by atoms with Crippen LogP contribution in [0.25, 0.3) is 0 Å². The molecule has 2 heterocycles. The number of amides is 1. The van der Waals surface area contributed by atoms with Crippen LogP contribution in [0.4, 0.5) is 0 Å². The molecule has 1 saturated heterocycles. The molecule has 38 heavy (non-hydrogen) atoms. The molecule has 3 aromatic carbocycles. The number of hydrogen-bond donors (Lipinski definition) is 0. The number of rotatable bonds is 8. The van der Waals surface area contributed by atoms with Crippen LogP contribution in [-0.4, -0.2) is 67.9 Å². The van der Waals surface area contributed by atoms with Crippen molar-refractivity contribution in [3.63, 3.8) is 0 Å². The maximum absolute atomic E-state index is 13.5. The van der Waals surface area contributed by atoms with E-state index in [0.717, 1.165) is 29.2 Å². The number of hydrogen-bond acceptors (Lipinski definition) is 6. The van der Waals surface area contributed by atoms with Gasteiger partial charge in [-0.1, -0.05) is 41.4 Å². The molecule has 8 nitrogen and oxygen atoms in total. The minimum atomic E-state index is -3.95. The second-order valence-corrected chi connectivity index (χ2v) is 12.0. The summed E-state index contributed by atoms with van der Waals surface area (Å²) in [5.74, 6) is 1.26. The van der Waals surface area contributed by atoms with Crippen LogP contribution >= 0.6 is 23.2 Å². The molecule has 0 spiro atoms. The van der Waals surface area contributed by atoms with E-state index in [1.54, 1.807) is 29.2 Å². The summed E-state index contributed by atoms with van der Waals surface area (Å²) in [5, 5.41) is 0.985. The zero-order chi connectivity index (χ0) is 26.7. The fraction of sp³-hybridized carbons (Fsp3) is 0.296. The van der Waals surface area contributed by atoms with Crippen molar-refractivity contribution in [2.45, 2.75) is 18.0 Å². The van der Waals surface area contributed by atoms with Gasteiger partial charge in [-0.25, -0.2) is 8.42 Å². The quantitative estimate of drug-likeness (QED) is 0.399. The summed E-state index contributed by atoms with van der Waals surface area (Å²) in [4.78, 5) is 17.4. The predicted octanol–water partition coefficient (Wildman–Crippen LogP) is 4.26. The van der Waals surface area contributed by atoms with Gasteiger partial charge >= 0.3 is 0 Å². The topological polar surface area (TPSA) is 79.4 Å². The summed E-state index contributed by atoms with van der Waals surface area (Å²) in [5.41, 5.74) is 1.84. The highest BCUT2D eigenvalue weighted by Crippen LogP contribution is 2.33. The van der Waals surface area contributed by atoms with Crippen LogP contribution in [0.15, 0.2) is 71.6 Å². The van der Waals surface area contributed by atoms with Gasteiger partial charge in [-0.05, 0) is 59.7 Å². The first kappa shape index (κ1) is 26.8. The molecule has 3 aromatic rings. The number of carbonyl (C=O) groups is 1. The Morgan fingerprint density at radius 1 is 0.816 bits per heavy atom. The molecule has 0 aliphatic carbocycles. The van der Waals surface area contributed by atoms with Gasteiger partial charge in [-0.2, -0.15) is 4.31 Å². The SMILES string of the molecule is O=C(CN(Cc1ccc(Cl)cc1)S(=O)(=O)c1ccc(Cl)cc1)N1CCN(Cc2ccc3c(c2)OCO3)CC1. The van der Waals surface area contributed by atoms with Crippen molar-refractivity contribution < 1.29 is 22.7 Å². The highest BCUT2D eigenvalue weighted by Gasteiger charge is 2.30. The summed E-state index contributed by atoms with van der Waals surface area (Å²) < 4.78 is 39.1. The highest BCUT2D eigenvalue weighted by molar-refractivity contribution is 7.89. The van der Waals surface area contributed by atoms with Gasteiger partial charge in [0.2, 0.25) is 22.7 Å². The Kier molecular flexibility index (Phi) is 8.11. The maximum atomic E-state index is 13.5. The Bertz CT molecular complexity index is 1390. The number of sulfonamides is 1. The van der Waals surface area contributed by atoms with Crippen molar-refractivity contribution in [1.29, 1.82) is 0 Å². The molecule has 200 valence electrons. The lowest BCUT2D eigenvalue weighted by Gasteiger charge is -2.35. The predicted molar refractivity (Wildman–Crippen MR) is 145 cm³/mol. The first-order chi connectivity index (χ1) is 18.3. The number of nitrogens with zero attached hydrogens (tertiary/aromatic N) is 3. The lowest BCUT2D eigenvalue weighted by molar-refractivity contribution is -0.133. The molecule has 0 unspecified atom stereocenters. The lowest BCUT2D eigenvalue weighted by atomic mass is 10.1. The van der Waals surface area contributed by atoms with Crippen LogP contribution in [0.3, 0.4) is 0 Å². The first-order valence-electron chi connectivity index (χ1n) is 12.2. The fourth-order valence-electron chi connectivity index (χ4n) is 4.48. The molecule has 0 bridgehead atoms. The van der Waals surface area contributed by atoms with Gasteiger partial charge in [0.25, 0.3) is 0 Å². The van der Waals surface area contributed by atoms with Gasteiger partial charge in [0.15, 0.2) is 11.5 Å². The Morgan fingerprint density at radius 2 is 1.42 bits per heavy atom. The molecule has 11 heteroatoms. The van der Waals surface area contributed by atoms with E-state index < -0.39 is 10.0 Å². The van der Waals surface area contributed by atoms with E-state index in [-0.39, 0.29) is 30.7 Å². The Hall–Kier alpha value is -2.82. The number of halogens is 2. The normalized spacial score (nSPS) is 15.7. The van der Waals surface area contributed by atoms with Crippen molar-refractivity contribution >= 4 is 39.1 Å². The van der Waals surface area contributed by atoms with E-state index in [2.05, 4.69) is 4.90 Å². The summed E-state index contributed by atoms with van der Waals surface area (Å²) >= 11 is 12.0. The van der Waals surface area contributed by atoms with Crippen LogP contribution in [-0.2, 0) is 27.9 Å². The third kappa shape index (κ3) is 6.24. The third-order valence-corrected chi connectivity index (χ3v) is 8.91. The van der Waals surface area contributed by atoms with E-state index in [9.17, 15) is 13.2 Å². The van der Waals surface area contributed by atoms with Gasteiger partial charge in [0.05, 0.1) is 11.4 Å². The Morgan fingerprint density at radius 3 is 2.11 bits per heavy atom. The summed E-state index contributed by atoms with van der Waals surface area (Å²) in [6.45, 7) is 3.13. The molecular weight excluding hydrogens is 549 g/mol. The van der Waals surface area contributed by atoms with E-state index in [4.69, 9.17) is 32.7 Å². The number of piperazine rings is 1. The Balaban J connectivity index is 1.25. The third-order valence-electron chi connectivity index (χ3n) is 6.60. The smallest absolute Gasteiger partial charge is 0.243 e. The minimum absolute atomic E-state index is 0.0396. The minimum Gasteiger partial charge on any atom is -0.454 e. The van der Waals surface area contributed by atoms with Crippen LogP contribution in [0, 0.1) is 0 Å². The molecule has 2 aliphatic heterocycles. The molecule has 0 aromatic heterocycles. The second-order valence-electron chi connectivity index (χ2n) is 9.20. The molecule has 0 N–H and O–H groups in total. The zero-order valence-corrected chi connectivity index (χ0v) is 22.9. The molecule has 0 atom stereocenters. The first-order valence-corrected chi connectivity index (χ1v) is 14.4. The van der Waals surface area contributed by atoms with E-state index >= 15 is 0 Å². The monoisotopic (exact) mass is 575 g/mol. The molecule has 1 fully saturated rings. The van der Waals surface area contributed by atoms with Crippen molar-refractivity contribution in [3.8, 4) is 11.5 Å². The summed E-state index contributed by atoms with van der Waals surface area (Å²) in [6.07, 6.45) is 0. The number of benzene rings is 3. The largest absolute Gasteiger partial charge is 0.454 e. The molecular formula is C27H27Cl2N3O5S. The number of fused-ring (bicyclic) bond motifs is 1. The van der Waals surface area contributed by atoms with Crippen molar-refractivity contribution in [2.24, 2.45) is 0 Å². The average molecular weight is 577 g/mol. The maximum Gasteiger partial charge on any atom is 0.243 e. The number of carbonyl (C=O) groups excluding carboxylic acids is 1.